The van der Waals surface area contributed by atoms with Crippen LogP contribution in [0.2, 0.25) is 0 Å². The number of amides is 2. The summed E-state index contributed by atoms with van der Waals surface area (Å²) in [5, 5.41) is 13.7. The van der Waals surface area contributed by atoms with Crippen molar-refractivity contribution in [3.05, 3.63) is 0 Å². The molecule has 2 amide bonds. The number of urea groups is 1. The molecule has 0 aromatic heterocycles. The first-order valence-corrected chi connectivity index (χ1v) is 4.15. The molecule has 0 aromatic rings. The van der Waals surface area contributed by atoms with Gasteiger partial charge in [0.15, 0.2) is 0 Å². The second-order valence-corrected chi connectivity index (χ2v) is 3.15. The fraction of sp³-hybridized carbons (Fsp3) is 0.750. The minimum absolute atomic E-state index is 0.137. The quantitative estimate of drug-likeness (QED) is 0.598. The zero-order valence-electron chi connectivity index (χ0n) is 8.18. The zero-order chi connectivity index (χ0) is 10.5. The van der Waals surface area contributed by atoms with Crippen LogP contribution in [0.3, 0.4) is 0 Å². The second kappa shape index (κ2) is 4.69. The Labute approximate surface area is 77.5 Å². The van der Waals surface area contributed by atoms with Gasteiger partial charge < -0.3 is 15.7 Å². The summed E-state index contributed by atoms with van der Waals surface area (Å²) in [4.78, 5) is 21.6. The van der Waals surface area contributed by atoms with E-state index >= 15 is 0 Å². The van der Waals surface area contributed by atoms with E-state index in [1.165, 1.54) is 7.05 Å². The minimum Gasteiger partial charge on any atom is -0.481 e. The Kier molecular flexibility index (Phi) is 4.23. The van der Waals surface area contributed by atoms with Gasteiger partial charge in [-0.05, 0) is 13.3 Å². The summed E-state index contributed by atoms with van der Waals surface area (Å²) >= 11 is 0. The fourth-order valence-electron chi connectivity index (χ4n) is 0.716. The smallest absolute Gasteiger partial charge is 0.314 e. The lowest BCUT2D eigenvalue weighted by Crippen LogP contribution is -2.43. The van der Waals surface area contributed by atoms with Crippen LogP contribution in [0.5, 0.6) is 0 Å². The molecule has 0 spiro atoms. The highest BCUT2D eigenvalue weighted by atomic mass is 16.4. The van der Waals surface area contributed by atoms with Crippen LogP contribution in [0, 0.1) is 5.41 Å². The van der Waals surface area contributed by atoms with E-state index in [0.717, 1.165) is 0 Å². The van der Waals surface area contributed by atoms with Crippen LogP contribution in [0.1, 0.15) is 20.3 Å². The van der Waals surface area contributed by atoms with Crippen molar-refractivity contribution in [1.29, 1.82) is 0 Å². The zero-order valence-corrected chi connectivity index (χ0v) is 8.18. The third-order valence-electron chi connectivity index (χ3n) is 2.16. The molecule has 0 fully saturated rings. The summed E-state index contributed by atoms with van der Waals surface area (Å²) < 4.78 is 0. The van der Waals surface area contributed by atoms with Crippen LogP contribution < -0.4 is 10.6 Å². The third-order valence-corrected chi connectivity index (χ3v) is 2.16. The Morgan fingerprint density at radius 3 is 2.31 bits per heavy atom. The largest absolute Gasteiger partial charge is 0.481 e. The Bertz CT molecular complexity index is 206. The predicted molar refractivity (Wildman–Crippen MR) is 48.5 cm³/mol. The summed E-state index contributed by atoms with van der Waals surface area (Å²) in [6, 6.07) is -0.360. The van der Waals surface area contributed by atoms with E-state index in [1.807, 2.05) is 0 Å². The van der Waals surface area contributed by atoms with Gasteiger partial charge in [-0.25, -0.2) is 4.79 Å². The molecule has 5 heteroatoms. The Balaban J connectivity index is 4.13. The number of carboxylic acids is 1. The Morgan fingerprint density at radius 1 is 1.46 bits per heavy atom. The average molecular weight is 188 g/mol. The van der Waals surface area contributed by atoms with Crippen molar-refractivity contribution >= 4 is 12.0 Å². The molecule has 0 aliphatic carbocycles. The van der Waals surface area contributed by atoms with Gasteiger partial charge in [-0.15, -0.1) is 0 Å². The topological polar surface area (TPSA) is 78.4 Å². The van der Waals surface area contributed by atoms with Crippen LogP contribution in [0.4, 0.5) is 4.79 Å². The molecular formula is C8H16N2O3. The Hall–Kier alpha value is -1.26. The summed E-state index contributed by atoms with van der Waals surface area (Å²) in [5.41, 5.74) is -0.882. The molecule has 1 atom stereocenters. The van der Waals surface area contributed by atoms with E-state index in [2.05, 4.69) is 10.6 Å². The maximum absolute atomic E-state index is 10.8. The van der Waals surface area contributed by atoms with Crippen LogP contribution >= 0.6 is 0 Å². The van der Waals surface area contributed by atoms with Crippen molar-refractivity contribution in [2.75, 3.05) is 13.6 Å². The highest BCUT2D eigenvalue weighted by Gasteiger charge is 2.31. The number of carboxylic acid groups (broad SMARTS) is 1. The first kappa shape index (κ1) is 11.7. The first-order chi connectivity index (χ1) is 5.96. The molecular weight excluding hydrogens is 172 g/mol. The van der Waals surface area contributed by atoms with Gasteiger partial charge in [0.25, 0.3) is 0 Å². The number of hydrogen-bond donors (Lipinski definition) is 3. The van der Waals surface area contributed by atoms with Gasteiger partial charge in [0.05, 0.1) is 5.41 Å². The summed E-state index contributed by atoms with van der Waals surface area (Å²) in [5.74, 6) is -0.897. The van der Waals surface area contributed by atoms with Crippen molar-refractivity contribution in [2.24, 2.45) is 5.41 Å². The number of carbonyl (C=O) groups excluding carboxylic acids is 1. The summed E-state index contributed by atoms with van der Waals surface area (Å²) in [7, 11) is 1.49. The van der Waals surface area contributed by atoms with Crippen LogP contribution in [-0.2, 0) is 4.79 Å². The Morgan fingerprint density at radius 2 is 2.00 bits per heavy atom. The second-order valence-electron chi connectivity index (χ2n) is 3.15. The molecule has 0 aromatic carbocycles. The predicted octanol–water partition coefficient (Wildman–Crippen LogP) is 0.416. The van der Waals surface area contributed by atoms with Crippen molar-refractivity contribution in [1.82, 2.24) is 10.6 Å². The lowest BCUT2D eigenvalue weighted by atomic mass is 9.88. The number of rotatable bonds is 4. The van der Waals surface area contributed by atoms with Gasteiger partial charge in [-0.1, -0.05) is 6.92 Å². The van der Waals surface area contributed by atoms with E-state index in [1.54, 1.807) is 13.8 Å². The highest BCUT2D eigenvalue weighted by molar-refractivity contribution is 5.77. The van der Waals surface area contributed by atoms with Crippen molar-refractivity contribution in [2.45, 2.75) is 20.3 Å². The van der Waals surface area contributed by atoms with Gasteiger partial charge in [0.1, 0.15) is 0 Å². The molecule has 0 saturated heterocycles. The average Bonchev–Trinajstić information content (AvgIpc) is 2.13. The maximum atomic E-state index is 10.8. The lowest BCUT2D eigenvalue weighted by molar-refractivity contribution is -0.147. The highest BCUT2D eigenvalue weighted by Crippen LogP contribution is 2.19. The van der Waals surface area contributed by atoms with E-state index in [9.17, 15) is 9.59 Å². The minimum atomic E-state index is -0.897. The van der Waals surface area contributed by atoms with Crippen LogP contribution in [0.15, 0.2) is 0 Å². The molecule has 0 radical (unpaired) electrons. The normalized spacial score (nSPS) is 14.4. The van der Waals surface area contributed by atoms with Gasteiger partial charge in [0, 0.05) is 13.6 Å². The standard InChI is InChI=1S/C8H16N2O3/c1-4-8(2,6(11)12)5-10-7(13)9-3/h4-5H2,1-3H3,(H,11,12)(H2,9,10,13). The van der Waals surface area contributed by atoms with Gasteiger partial charge in [-0.3, -0.25) is 4.79 Å². The van der Waals surface area contributed by atoms with E-state index < -0.39 is 11.4 Å². The molecule has 5 nitrogen and oxygen atoms in total. The third kappa shape index (κ3) is 3.31. The molecule has 76 valence electrons. The SMILES string of the molecule is CCC(C)(CNC(=O)NC)C(=O)O. The van der Waals surface area contributed by atoms with Crippen molar-refractivity contribution in [3.63, 3.8) is 0 Å². The molecule has 0 aliphatic heterocycles. The van der Waals surface area contributed by atoms with Gasteiger partial charge in [0.2, 0.25) is 0 Å². The first-order valence-electron chi connectivity index (χ1n) is 4.15. The molecule has 0 aliphatic rings. The number of hydrogen-bond acceptors (Lipinski definition) is 2. The molecule has 13 heavy (non-hydrogen) atoms. The van der Waals surface area contributed by atoms with Gasteiger partial charge in [-0.2, -0.15) is 0 Å². The molecule has 0 saturated carbocycles. The van der Waals surface area contributed by atoms with E-state index in [-0.39, 0.29) is 12.6 Å². The van der Waals surface area contributed by atoms with Crippen molar-refractivity contribution < 1.29 is 14.7 Å². The number of nitrogens with one attached hydrogen (secondary N) is 2. The van der Waals surface area contributed by atoms with Gasteiger partial charge >= 0.3 is 12.0 Å². The lowest BCUT2D eigenvalue weighted by Gasteiger charge is -2.22. The molecule has 3 N–H and O–H groups in total. The van der Waals surface area contributed by atoms with Crippen molar-refractivity contribution in [3.8, 4) is 0 Å². The van der Waals surface area contributed by atoms with Crippen LogP contribution in [0.25, 0.3) is 0 Å². The molecule has 0 rings (SSSR count). The van der Waals surface area contributed by atoms with E-state index in [4.69, 9.17) is 5.11 Å². The monoisotopic (exact) mass is 188 g/mol. The number of aliphatic carboxylic acids is 1. The van der Waals surface area contributed by atoms with Crippen LogP contribution in [-0.4, -0.2) is 30.7 Å². The molecule has 1 unspecified atom stereocenters. The number of carbonyl (C=O) groups is 2. The van der Waals surface area contributed by atoms with E-state index in [0.29, 0.717) is 6.42 Å². The fourth-order valence-corrected chi connectivity index (χ4v) is 0.716. The molecule has 0 heterocycles. The summed E-state index contributed by atoms with van der Waals surface area (Å²) in [6.07, 6.45) is 0.478. The maximum Gasteiger partial charge on any atom is 0.314 e. The summed E-state index contributed by atoms with van der Waals surface area (Å²) in [6.45, 7) is 3.52. The molecule has 0 bridgehead atoms.